The molecule has 2 N–H and O–H groups in total. The van der Waals surface area contributed by atoms with Crippen molar-refractivity contribution in [3.63, 3.8) is 0 Å². The molecule has 3 rings (SSSR count). The third-order valence-corrected chi connectivity index (χ3v) is 4.13. The predicted molar refractivity (Wildman–Crippen MR) is 74.4 cm³/mol. The third kappa shape index (κ3) is 1.82. The molecule has 0 spiro atoms. The van der Waals surface area contributed by atoms with E-state index in [0.29, 0.717) is 4.88 Å². The van der Waals surface area contributed by atoms with Gasteiger partial charge in [0.2, 0.25) is 0 Å². The van der Waals surface area contributed by atoms with Gasteiger partial charge < -0.3 is 10.2 Å². The molecule has 0 fully saturated rings. The molecule has 2 aromatic carbocycles. The number of hydrogen-bond acceptors (Lipinski definition) is 3. The van der Waals surface area contributed by atoms with Crippen molar-refractivity contribution in [3.05, 3.63) is 59.5 Å². The van der Waals surface area contributed by atoms with Crippen LogP contribution in [0.2, 0.25) is 0 Å². The molecule has 3 heteroatoms. The largest absolute Gasteiger partial charge is 0.364 e. The monoisotopic (exact) mass is 256 g/mol. The SMILES string of the molecule is OC(O)c1sc2ccccc2c1-c1ccccc1. The number of aliphatic hydroxyl groups excluding tert-OH is 1. The molecule has 0 atom stereocenters. The van der Waals surface area contributed by atoms with E-state index in [2.05, 4.69) is 0 Å². The molecule has 90 valence electrons. The van der Waals surface area contributed by atoms with Crippen molar-refractivity contribution in [2.24, 2.45) is 0 Å². The topological polar surface area (TPSA) is 40.5 Å². The lowest BCUT2D eigenvalue weighted by Crippen LogP contribution is -1.93. The Balaban J connectivity index is 2.35. The van der Waals surface area contributed by atoms with E-state index >= 15 is 0 Å². The highest BCUT2D eigenvalue weighted by molar-refractivity contribution is 7.19. The molecular weight excluding hydrogens is 244 g/mol. The summed E-state index contributed by atoms with van der Waals surface area (Å²) in [5.74, 6) is 0. The second kappa shape index (κ2) is 4.53. The fourth-order valence-corrected chi connectivity index (χ4v) is 3.25. The first-order valence-corrected chi connectivity index (χ1v) is 6.52. The summed E-state index contributed by atoms with van der Waals surface area (Å²) < 4.78 is 1.07. The molecule has 0 radical (unpaired) electrons. The maximum atomic E-state index is 9.53. The van der Waals surface area contributed by atoms with Crippen molar-refractivity contribution < 1.29 is 10.2 Å². The molecule has 0 saturated heterocycles. The maximum Gasteiger partial charge on any atom is 0.188 e. The first-order chi connectivity index (χ1) is 8.77. The van der Waals surface area contributed by atoms with Crippen molar-refractivity contribution >= 4 is 21.4 Å². The highest BCUT2D eigenvalue weighted by atomic mass is 32.1. The number of aliphatic hydroxyl groups is 2. The van der Waals surface area contributed by atoms with Crippen molar-refractivity contribution in [1.29, 1.82) is 0 Å². The van der Waals surface area contributed by atoms with Crippen LogP contribution in [-0.4, -0.2) is 10.2 Å². The second-order valence-corrected chi connectivity index (χ2v) is 5.16. The highest BCUT2D eigenvalue weighted by Gasteiger charge is 2.17. The minimum absolute atomic E-state index is 0.599. The quantitative estimate of drug-likeness (QED) is 0.688. The van der Waals surface area contributed by atoms with Gasteiger partial charge >= 0.3 is 0 Å². The Morgan fingerprint density at radius 1 is 0.833 bits per heavy atom. The summed E-state index contributed by atoms with van der Waals surface area (Å²) in [6.45, 7) is 0. The van der Waals surface area contributed by atoms with Crippen LogP contribution in [0.5, 0.6) is 0 Å². The third-order valence-electron chi connectivity index (χ3n) is 2.92. The first-order valence-electron chi connectivity index (χ1n) is 5.70. The zero-order valence-electron chi connectivity index (χ0n) is 9.58. The molecule has 3 aromatic rings. The van der Waals surface area contributed by atoms with Gasteiger partial charge in [-0.1, -0.05) is 48.5 Å². The second-order valence-electron chi connectivity index (χ2n) is 4.08. The Morgan fingerprint density at radius 3 is 2.22 bits per heavy atom. The van der Waals surface area contributed by atoms with Crippen LogP contribution in [-0.2, 0) is 0 Å². The van der Waals surface area contributed by atoms with Gasteiger partial charge in [-0.25, -0.2) is 0 Å². The lowest BCUT2D eigenvalue weighted by molar-refractivity contribution is -0.0390. The Labute approximate surface area is 109 Å². The molecule has 18 heavy (non-hydrogen) atoms. The molecule has 0 aliphatic rings. The van der Waals surface area contributed by atoms with Gasteiger partial charge in [0.05, 0.1) is 4.88 Å². The summed E-state index contributed by atoms with van der Waals surface area (Å²) in [6, 6.07) is 17.8. The minimum Gasteiger partial charge on any atom is -0.364 e. The molecule has 2 nitrogen and oxygen atoms in total. The van der Waals surface area contributed by atoms with Crippen LogP contribution in [0, 0.1) is 0 Å². The number of fused-ring (bicyclic) bond motifs is 1. The predicted octanol–water partition coefficient (Wildman–Crippen LogP) is 3.55. The zero-order valence-corrected chi connectivity index (χ0v) is 10.4. The molecule has 0 aliphatic carbocycles. The van der Waals surface area contributed by atoms with Crippen LogP contribution in [0.25, 0.3) is 21.2 Å². The smallest absolute Gasteiger partial charge is 0.188 e. The number of thiophene rings is 1. The Hall–Kier alpha value is -1.68. The summed E-state index contributed by atoms with van der Waals surface area (Å²) >= 11 is 1.43. The van der Waals surface area contributed by atoms with Crippen LogP contribution in [0.15, 0.2) is 54.6 Å². The summed E-state index contributed by atoms with van der Waals surface area (Å²) in [7, 11) is 0. The van der Waals surface area contributed by atoms with Crippen LogP contribution in [0.1, 0.15) is 11.2 Å². The average Bonchev–Trinajstić information content (AvgIpc) is 2.79. The highest BCUT2D eigenvalue weighted by Crippen LogP contribution is 2.41. The van der Waals surface area contributed by atoms with E-state index in [1.54, 1.807) is 0 Å². The van der Waals surface area contributed by atoms with Crippen LogP contribution in [0.3, 0.4) is 0 Å². The molecule has 0 amide bonds. The number of rotatable bonds is 2. The van der Waals surface area contributed by atoms with E-state index in [4.69, 9.17) is 0 Å². The van der Waals surface area contributed by atoms with E-state index in [9.17, 15) is 10.2 Å². The summed E-state index contributed by atoms with van der Waals surface area (Å²) in [5.41, 5.74) is 1.93. The van der Waals surface area contributed by atoms with E-state index in [-0.39, 0.29) is 0 Å². The van der Waals surface area contributed by atoms with Crippen molar-refractivity contribution in [1.82, 2.24) is 0 Å². The fourth-order valence-electron chi connectivity index (χ4n) is 2.15. The van der Waals surface area contributed by atoms with Gasteiger partial charge in [0.1, 0.15) is 0 Å². The van der Waals surface area contributed by atoms with Crippen LogP contribution in [0.4, 0.5) is 0 Å². The number of hydrogen-bond donors (Lipinski definition) is 2. The summed E-state index contributed by atoms with van der Waals surface area (Å²) in [5, 5.41) is 20.1. The Morgan fingerprint density at radius 2 is 1.50 bits per heavy atom. The van der Waals surface area contributed by atoms with Crippen molar-refractivity contribution in [3.8, 4) is 11.1 Å². The standard InChI is InChI=1S/C15H12O2S/c16-15(17)14-13(10-6-2-1-3-7-10)11-8-4-5-9-12(11)18-14/h1-9,15-17H. The van der Waals surface area contributed by atoms with E-state index in [1.165, 1.54) is 11.3 Å². The van der Waals surface area contributed by atoms with Crippen LogP contribution < -0.4 is 0 Å². The van der Waals surface area contributed by atoms with Gasteiger partial charge in [-0.05, 0) is 11.6 Å². The lowest BCUT2D eigenvalue weighted by Gasteiger charge is -2.06. The van der Waals surface area contributed by atoms with E-state index < -0.39 is 6.29 Å². The summed E-state index contributed by atoms with van der Waals surface area (Å²) in [4.78, 5) is 0.599. The van der Waals surface area contributed by atoms with Gasteiger partial charge in [0.25, 0.3) is 0 Å². The van der Waals surface area contributed by atoms with Gasteiger partial charge in [-0.3, -0.25) is 0 Å². The molecule has 0 saturated carbocycles. The lowest BCUT2D eigenvalue weighted by atomic mass is 10.0. The molecule has 0 unspecified atom stereocenters. The molecule has 1 aromatic heterocycles. The van der Waals surface area contributed by atoms with E-state index in [0.717, 1.165) is 21.2 Å². The minimum atomic E-state index is -1.43. The van der Waals surface area contributed by atoms with Gasteiger partial charge in [-0.15, -0.1) is 11.3 Å². The van der Waals surface area contributed by atoms with Gasteiger partial charge in [0.15, 0.2) is 6.29 Å². The Kier molecular flexibility index (Phi) is 2.88. The summed E-state index contributed by atoms with van der Waals surface area (Å²) in [6.07, 6.45) is -1.43. The molecule has 0 aliphatic heterocycles. The van der Waals surface area contributed by atoms with Crippen molar-refractivity contribution in [2.75, 3.05) is 0 Å². The van der Waals surface area contributed by atoms with Crippen molar-refractivity contribution in [2.45, 2.75) is 6.29 Å². The van der Waals surface area contributed by atoms with E-state index in [1.807, 2.05) is 54.6 Å². The van der Waals surface area contributed by atoms with Crippen LogP contribution >= 0.6 is 11.3 Å². The molecule has 1 heterocycles. The average molecular weight is 256 g/mol. The zero-order chi connectivity index (χ0) is 12.5. The van der Waals surface area contributed by atoms with Gasteiger partial charge in [0, 0.05) is 15.6 Å². The maximum absolute atomic E-state index is 9.53. The Bertz CT molecular complexity index is 671. The normalized spacial score (nSPS) is 11.3. The first kappa shape index (κ1) is 11.4. The fraction of sp³-hybridized carbons (Fsp3) is 0.0667. The van der Waals surface area contributed by atoms with Gasteiger partial charge in [-0.2, -0.15) is 0 Å². The number of benzene rings is 2. The molecule has 0 bridgehead atoms. The molecular formula is C15H12O2S.